The number of hydrogen-bond acceptors (Lipinski definition) is 5. The van der Waals surface area contributed by atoms with Gasteiger partial charge in [0.05, 0.1) is 19.7 Å². The number of benzene rings is 2. The van der Waals surface area contributed by atoms with Crippen LogP contribution in [0.25, 0.3) is 0 Å². The largest absolute Gasteiger partial charge is 0.471 e. The highest BCUT2D eigenvalue weighted by Crippen LogP contribution is 2.33. The fraction of sp³-hybridized carbons (Fsp3) is 0.393. The van der Waals surface area contributed by atoms with E-state index in [1.54, 1.807) is 25.3 Å². The van der Waals surface area contributed by atoms with Crippen LogP contribution in [0.2, 0.25) is 0 Å². The molecule has 1 aliphatic rings. The Hall–Kier alpha value is -3.89. The molecule has 11 heteroatoms. The zero-order chi connectivity index (χ0) is 28.0. The number of carbonyl (C=O) groups excluding carboxylic acids is 2. The molecule has 0 saturated heterocycles. The van der Waals surface area contributed by atoms with Gasteiger partial charge in [0.1, 0.15) is 5.82 Å². The van der Waals surface area contributed by atoms with Crippen molar-refractivity contribution in [2.45, 2.75) is 51.9 Å². The topological polar surface area (TPSA) is 67.7 Å². The first-order chi connectivity index (χ1) is 18.7. The number of amides is 1. The standard InChI is InChI=1S/C28H30F4N4O3/c1-2-39-26(37)12-10-20-9-11-22(18-24(20)29)36(27(38)28(30,31)32)19-21-6-3-8-25-23(21)7-4-14-34(25)16-17-35-15-5-13-33-35/h3,5-6,8-9,11,13,15,18H,2,4,7,10,12,14,16-17,19H2,1H3. The Kier molecular flexibility index (Phi) is 8.88. The maximum atomic E-state index is 14.9. The van der Waals surface area contributed by atoms with Crippen LogP contribution in [0.4, 0.5) is 28.9 Å². The molecule has 3 aromatic rings. The lowest BCUT2D eigenvalue weighted by molar-refractivity contribution is -0.170. The van der Waals surface area contributed by atoms with Gasteiger partial charge in [0, 0.05) is 43.3 Å². The third kappa shape index (κ3) is 6.96. The van der Waals surface area contributed by atoms with E-state index in [4.69, 9.17) is 4.74 Å². The van der Waals surface area contributed by atoms with Crippen LogP contribution in [-0.4, -0.2) is 47.5 Å². The number of carbonyl (C=O) groups is 2. The number of hydrogen-bond donors (Lipinski definition) is 0. The number of anilines is 2. The number of aryl methyl sites for hydroxylation is 1. The van der Waals surface area contributed by atoms with E-state index in [1.807, 2.05) is 23.0 Å². The van der Waals surface area contributed by atoms with Crippen LogP contribution in [0.5, 0.6) is 0 Å². The van der Waals surface area contributed by atoms with Crippen molar-refractivity contribution in [1.82, 2.24) is 9.78 Å². The average molecular weight is 547 g/mol. The van der Waals surface area contributed by atoms with Crippen LogP contribution in [0.3, 0.4) is 0 Å². The summed E-state index contributed by atoms with van der Waals surface area (Å²) in [6.07, 6.45) is -0.169. The van der Waals surface area contributed by atoms with Crippen molar-refractivity contribution in [3.63, 3.8) is 0 Å². The Morgan fingerprint density at radius 2 is 1.92 bits per heavy atom. The van der Waals surface area contributed by atoms with E-state index in [-0.39, 0.29) is 37.2 Å². The smallest absolute Gasteiger partial charge is 0.466 e. The lowest BCUT2D eigenvalue weighted by Gasteiger charge is -2.33. The van der Waals surface area contributed by atoms with Crippen LogP contribution in [-0.2, 0) is 40.3 Å². The van der Waals surface area contributed by atoms with Crippen molar-refractivity contribution in [3.8, 4) is 0 Å². The number of halogens is 4. The summed E-state index contributed by atoms with van der Waals surface area (Å²) in [4.78, 5) is 26.9. The van der Waals surface area contributed by atoms with E-state index in [1.165, 1.54) is 12.1 Å². The molecule has 0 spiro atoms. The molecule has 0 N–H and O–H groups in total. The Balaban J connectivity index is 1.59. The van der Waals surface area contributed by atoms with Crippen LogP contribution < -0.4 is 9.80 Å². The molecule has 0 atom stereocenters. The second-order valence-electron chi connectivity index (χ2n) is 9.24. The van der Waals surface area contributed by atoms with Gasteiger partial charge >= 0.3 is 18.1 Å². The minimum absolute atomic E-state index is 0.0265. The first-order valence-electron chi connectivity index (χ1n) is 12.8. The van der Waals surface area contributed by atoms with E-state index in [9.17, 15) is 27.2 Å². The van der Waals surface area contributed by atoms with E-state index >= 15 is 0 Å². The van der Waals surface area contributed by atoms with Gasteiger partial charge < -0.3 is 14.5 Å². The molecule has 1 aromatic heterocycles. The van der Waals surface area contributed by atoms with E-state index in [2.05, 4.69) is 10.00 Å². The number of esters is 1. The van der Waals surface area contributed by atoms with Gasteiger partial charge in [-0.3, -0.25) is 14.3 Å². The van der Waals surface area contributed by atoms with Crippen LogP contribution in [0.15, 0.2) is 54.9 Å². The van der Waals surface area contributed by atoms with Gasteiger partial charge in [0.15, 0.2) is 0 Å². The zero-order valence-corrected chi connectivity index (χ0v) is 21.6. The second kappa shape index (κ2) is 12.3. The summed E-state index contributed by atoms with van der Waals surface area (Å²) in [6.45, 7) is 3.60. The molecule has 0 aliphatic carbocycles. The van der Waals surface area contributed by atoms with Gasteiger partial charge in [0.2, 0.25) is 0 Å². The van der Waals surface area contributed by atoms with Gasteiger partial charge in [-0.15, -0.1) is 0 Å². The Morgan fingerprint density at radius 1 is 1.10 bits per heavy atom. The zero-order valence-electron chi connectivity index (χ0n) is 21.6. The molecule has 7 nitrogen and oxygen atoms in total. The van der Waals surface area contributed by atoms with Gasteiger partial charge in [0.25, 0.3) is 0 Å². The summed E-state index contributed by atoms with van der Waals surface area (Å²) in [5.41, 5.74) is 2.29. The summed E-state index contributed by atoms with van der Waals surface area (Å²) in [7, 11) is 0. The molecule has 0 bridgehead atoms. The molecule has 1 amide bonds. The fourth-order valence-corrected chi connectivity index (χ4v) is 4.79. The maximum Gasteiger partial charge on any atom is 0.471 e. The normalized spacial score (nSPS) is 13.2. The second-order valence-corrected chi connectivity index (χ2v) is 9.24. The molecule has 4 rings (SSSR count). The number of nitrogens with zero attached hydrogens (tertiary/aromatic N) is 4. The van der Waals surface area contributed by atoms with Crippen LogP contribution in [0, 0.1) is 5.82 Å². The van der Waals surface area contributed by atoms with Gasteiger partial charge in [-0.1, -0.05) is 18.2 Å². The van der Waals surface area contributed by atoms with Crippen molar-refractivity contribution in [2.24, 2.45) is 0 Å². The molecule has 0 saturated carbocycles. The summed E-state index contributed by atoms with van der Waals surface area (Å²) < 4.78 is 62.4. The Morgan fingerprint density at radius 3 is 2.62 bits per heavy atom. The SMILES string of the molecule is CCOC(=O)CCc1ccc(N(Cc2cccc3c2CCCN3CCn2cccn2)C(=O)C(F)(F)F)cc1F. The van der Waals surface area contributed by atoms with Gasteiger partial charge in [-0.05, 0) is 67.1 Å². The van der Waals surface area contributed by atoms with Gasteiger partial charge in [-0.2, -0.15) is 18.3 Å². The monoisotopic (exact) mass is 546 g/mol. The highest BCUT2D eigenvalue weighted by atomic mass is 19.4. The van der Waals surface area contributed by atoms with Crippen molar-refractivity contribution >= 4 is 23.3 Å². The molecule has 1 aliphatic heterocycles. The average Bonchev–Trinajstić information content (AvgIpc) is 3.43. The minimum Gasteiger partial charge on any atom is -0.466 e. The molecule has 0 unspecified atom stereocenters. The van der Waals surface area contributed by atoms with Crippen molar-refractivity contribution in [3.05, 3.63) is 77.4 Å². The molecule has 2 heterocycles. The van der Waals surface area contributed by atoms with Crippen LogP contribution >= 0.6 is 0 Å². The van der Waals surface area contributed by atoms with E-state index in [0.29, 0.717) is 30.0 Å². The van der Waals surface area contributed by atoms with E-state index in [0.717, 1.165) is 30.3 Å². The molecular formula is C28H30F4N4O3. The molecule has 0 radical (unpaired) electrons. The lowest BCUT2D eigenvalue weighted by Crippen LogP contribution is -2.41. The number of rotatable bonds is 10. The summed E-state index contributed by atoms with van der Waals surface area (Å²) in [5, 5.41) is 4.22. The Bertz CT molecular complexity index is 1290. The number of aromatic nitrogens is 2. The quantitative estimate of drug-likeness (QED) is 0.263. The first kappa shape index (κ1) is 28.1. The summed E-state index contributed by atoms with van der Waals surface area (Å²) in [5.74, 6) is -3.37. The highest BCUT2D eigenvalue weighted by Gasteiger charge is 2.43. The highest BCUT2D eigenvalue weighted by molar-refractivity contribution is 5.97. The minimum atomic E-state index is -5.15. The summed E-state index contributed by atoms with van der Waals surface area (Å²) >= 11 is 0. The number of ether oxygens (including phenoxy) is 1. The lowest BCUT2D eigenvalue weighted by atomic mass is 9.95. The number of alkyl halides is 3. The molecule has 39 heavy (non-hydrogen) atoms. The van der Waals surface area contributed by atoms with E-state index < -0.39 is 23.9 Å². The van der Waals surface area contributed by atoms with Crippen molar-refractivity contribution in [2.75, 3.05) is 29.5 Å². The Labute approximate surface area is 224 Å². The van der Waals surface area contributed by atoms with Crippen molar-refractivity contribution in [1.29, 1.82) is 0 Å². The third-order valence-corrected chi connectivity index (χ3v) is 6.67. The molecular weight excluding hydrogens is 516 g/mol. The third-order valence-electron chi connectivity index (χ3n) is 6.67. The van der Waals surface area contributed by atoms with Crippen molar-refractivity contribution < 1.29 is 31.9 Å². The van der Waals surface area contributed by atoms with Crippen LogP contribution in [0.1, 0.15) is 36.5 Å². The predicted octanol–water partition coefficient (Wildman–Crippen LogP) is 5.07. The molecule has 0 fully saturated rings. The molecule has 208 valence electrons. The summed E-state index contributed by atoms with van der Waals surface area (Å²) in [6, 6.07) is 10.7. The maximum absolute atomic E-state index is 14.9. The van der Waals surface area contributed by atoms with Gasteiger partial charge in [-0.25, -0.2) is 4.39 Å². The first-order valence-corrected chi connectivity index (χ1v) is 12.8. The molecule has 2 aromatic carbocycles. The fourth-order valence-electron chi connectivity index (χ4n) is 4.79. The number of fused-ring (bicyclic) bond motifs is 1. The predicted molar refractivity (Wildman–Crippen MR) is 138 cm³/mol.